The second-order valence-electron chi connectivity index (χ2n) is 5.47. The number of hydrogen-bond donors (Lipinski definition) is 1. The van der Waals surface area contributed by atoms with E-state index >= 15 is 0 Å². The summed E-state index contributed by atoms with van der Waals surface area (Å²) in [7, 11) is 4.25. The highest BCUT2D eigenvalue weighted by molar-refractivity contribution is 9.11. The first kappa shape index (κ1) is 15.0. The van der Waals surface area contributed by atoms with Crippen LogP contribution >= 0.6 is 27.3 Å². The average Bonchev–Trinajstić information content (AvgIpc) is 2.83. The molecule has 5 heteroatoms. The first-order chi connectivity index (χ1) is 9.03. The van der Waals surface area contributed by atoms with Gasteiger partial charge in [0.15, 0.2) is 0 Å². The Labute approximate surface area is 127 Å². The van der Waals surface area contributed by atoms with Gasteiger partial charge in [-0.1, -0.05) is 19.3 Å². The van der Waals surface area contributed by atoms with E-state index in [1.165, 1.54) is 43.4 Å². The number of rotatable bonds is 4. The van der Waals surface area contributed by atoms with Gasteiger partial charge >= 0.3 is 0 Å². The molecule has 0 aromatic carbocycles. The molecule has 0 saturated heterocycles. The van der Waals surface area contributed by atoms with E-state index in [4.69, 9.17) is 0 Å². The normalized spacial score (nSPS) is 18.5. The van der Waals surface area contributed by atoms with Crippen molar-refractivity contribution in [1.29, 1.82) is 0 Å². The Morgan fingerprint density at radius 3 is 2.58 bits per heavy atom. The van der Waals surface area contributed by atoms with Crippen molar-refractivity contribution >= 4 is 33.2 Å². The van der Waals surface area contributed by atoms with E-state index in [-0.39, 0.29) is 11.4 Å². The summed E-state index contributed by atoms with van der Waals surface area (Å²) in [6.07, 6.45) is 6.20. The van der Waals surface area contributed by atoms with E-state index < -0.39 is 0 Å². The predicted octanol–water partition coefficient (Wildman–Crippen LogP) is 3.50. The summed E-state index contributed by atoms with van der Waals surface area (Å²) in [6, 6.07) is 3.79. The van der Waals surface area contributed by atoms with Gasteiger partial charge in [0.05, 0.1) is 8.66 Å². The third kappa shape index (κ3) is 3.58. The molecule has 1 amide bonds. The zero-order valence-electron chi connectivity index (χ0n) is 11.5. The molecular formula is C14H21BrN2OS. The monoisotopic (exact) mass is 344 g/mol. The molecule has 0 atom stereocenters. The molecule has 1 aromatic rings. The molecule has 19 heavy (non-hydrogen) atoms. The lowest BCUT2D eigenvalue weighted by molar-refractivity contribution is 0.0802. The number of carbonyl (C=O) groups is 1. The summed E-state index contributed by atoms with van der Waals surface area (Å²) in [5, 5.41) is 3.11. The fourth-order valence-corrected chi connectivity index (χ4v) is 4.06. The van der Waals surface area contributed by atoms with Gasteiger partial charge in [0, 0.05) is 12.1 Å². The van der Waals surface area contributed by atoms with Crippen LogP contribution in [0, 0.1) is 0 Å². The third-order valence-corrected chi connectivity index (χ3v) is 5.73. The lowest BCUT2D eigenvalue weighted by Crippen LogP contribution is -2.53. The second kappa shape index (κ2) is 6.37. The summed E-state index contributed by atoms with van der Waals surface area (Å²) in [5.74, 6) is 0.0440. The molecule has 106 valence electrons. The Morgan fingerprint density at radius 1 is 1.37 bits per heavy atom. The van der Waals surface area contributed by atoms with Gasteiger partial charge in [-0.25, -0.2) is 0 Å². The number of likely N-dealkylation sites (N-methyl/N-ethyl adjacent to an activating group) is 1. The minimum atomic E-state index is 0.0440. The molecule has 0 aliphatic heterocycles. The van der Waals surface area contributed by atoms with E-state index in [9.17, 15) is 4.79 Å². The summed E-state index contributed by atoms with van der Waals surface area (Å²) in [4.78, 5) is 15.2. The van der Waals surface area contributed by atoms with Crippen molar-refractivity contribution in [1.82, 2.24) is 10.2 Å². The van der Waals surface area contributed by atoms with Crippen LogP contribution in [0.3, 0.4) is 0 Å². The molecule has 0 spiro atoms. The molecule has 2 rings (SSSR count). The van der Waals surface area contributed by atoms with Gasteiger partial charge in [-0.15, -0.1) is 11.3 Å². The number of amides is 1. The zero-order chi connectivity index (χ0) is 13.9. The van der Waals surface area contributed by atoms with Crippen molar-refractivity contribution in [3.63, 3.8) is 0 Å². The summed E-state index contributed by atoms with van der Waals surface area (Å²) in [5.41, 5.74) is 0.141. The van der Waals surface area contributed by atoms with Gasteiger partial charge in [0.2, 0.25) is 0 Å². The highest BCUT2D eigenvalue weighted by atomic mass is 79.9. The summed E-state index contributed by atoms with van der Waals surface area (Å²) < 4.78 is 0.998. The molecule has 0 bridgehead atoms. The minimum absolute atomic E-state index is 0.0440. The first-order valence-corrected chi connectivity index (χ1v) is 8.35. The number of carbonyl (C=O) groups excluding carboxylic acids is 1. The van der Waals surface area contributed by atoms with Crippen LogP contribution in [0.1, 0.15) is 41.8 Å². The number of nitrogens with zero attached hydrogens (tertiary/aromatic N) is 1. The van der Waals surface area contributed by atoms with Crippen molar-refractivity contribution in [2.75, 3.05) is 20.6 Å². The van der Waals surface area contributed by atoms with E-state index in [2.05, 4.69) is 40.2 Å². The first-order valence-electron chi connectivity index (χ1n) is 6.74. The highest BCUT2D eigenvalue weighted by Gasteiger charge is 2.34. The average molecular weight is 345 g/mol. The van der Waals surface area contributed by atoms with Crippen LogP contribution in [0.4, 0.5) is 0 Å². The summed E-state index contributed by atoms with van der Waals surface area (Å²) in [6.45, 7) is 0.744. The molecule has 1 fully saturated rings. The lowest BCUT2D eigenvalue weighted by Gasteiger charge is -2.43. The standard InChI is InChI=1S/C14H21BrN2OS/c1-17(2)14(8-4-3-5-9-14)10-16-13(18)11-6-7-12(15)19-11/h6-7H,3-5,8-10H2,1-2H3,(H,16,18). The topological polar surface area (TPSA) is 32.3 Å². The highest BCUT2D eigenvalue weighted by Crippen LogP contribution is 2.31. The molecule has 0 unspecified atom stereocenters. The molecule has 1 aliphatic rings. The van der Waals surface area contributed by atoms with Gasteiger partial charge in [-0.2, -0.15) is 0 Å². The molecule has 1 aromatic heterocycles. The second-order valence-corrected chi connectivity index (χ2v) is 7.93. The van der Waals surface area contributed by atoms with Crippen molar-refractivity contribution in [3.8, 4) is 0 Å². The largest absolute Gasteiger partial charge is 0.349 e. The van der Waals surface area contributed by atoms with Gasteiger partial charge in [0.25, 0.3) is 5.91 Å². The van der Waals surface area contributed by atoms with E-state index in [0.29, 0.717) is 0 Å². The van der Waals surface area contributed by atoms with Gasteiger partial charge in [0.1, 0.15) is 0 Å². The minimum Gasteiger partial charge on any atom is -0.349 e. The summed E-state index contributed by atoms with van der Waals surface area (Å²) >= 11 is 4.87. The Bertz CT molecular complexity index is 438. The van der Waals surface area contributed by atoms with E-state index in [0.717, 1.165) is 15.2 Å². The maximum atomic E-state index is 12.1. The van der Waals surface area contributed by atoms with Crippen LogP contribution in [-0.4, -0.2) is 37.0 Å². The fourth-order valence-electron chi connectivity index (χ4n) is 2.76. The Balaban J connectivity index is 1.97. The Hall–Kier alpha value is -0.390. The quantitative estimate of drug-likeness (QED) is 0.906. The molecule has 0 radical (unpaired) electrons. The van der Waals surface area contributed by atoms with Crippen LogP contribution in [0.25, 0.3) is 0 Å². The fraction of sp³-hybridized carbons (Fsp3) is 0.643. The molecule has 1 saturated carbocycles. The molecule has 1 N–H and O–H groups in total. The smallest absolute Gasteiger partial charge is 0.261 e. The number of halogens is 1. The van der Waals surface area contributed by atoms with Crippen molar-refractivity contribution in [2.45, 2.75) is 37.6 Å². The van der Waals surface area contributed by atoms with Crippen LogP contribution in [0.5, 0.6) is 0 Å². The SMILES string of the molecule is CN(C)C1(CNC(=O)c2ccc(Br)s2)CCCCC1. The zero-order valence-corrected chi connectivity index (χ0v) is 13.9. The maximum Gasteiger partial charge on any atom is 0.261 e. The number of thiophene rings is 1. The van der Waals surface area contributed by atoms with Gasteiger partial charge < -0.3 is 10.2 Å². The van der Waals surface area contributed by atoms with Crippen LogP contribution < -0.4 is 5.32 Å². The maximum absolute atomic E-state index is 12.1. The van der Waals surface area contributed by atoms with Crippen molar-refractivity contribution in [2.24, 2.45) is 0 Å². The molecule has 1 aliphatic carbocycles. The van der Waals surface area contributed by atoms with E-state index in [1.807, 2.05) is 12.1 Å². The van der Waals surface area contributed by atoms with Crippen LogP contribution in [0.2, 0.25) is 0 Å². The van der Waals surface area contributed by atoms with Crippen LogP contribution in [0.15, 0.2) is 15.9 Å². The molecule has 3 nitrogen and oxygen atoms in total. The lowest BCUT2D eigenvalue weighted by atomic mass is 9.80. The van der Waals surface area contributed by atoms with Crippen molar-refractivity contribution < 1.29 is 4.79 Å². The third-order valence-electron chi connectivity index (χ3n) is 4.11. The number of nitrogens with one attached hydrogen (secondary N) is 1. The van der Waals surface area contributed by atoms with Gasteiger partial charge in [-0.3, -0.25) is 4.79 Å². The Kier molecular flexibility index (Phi) is 5.03. The van der Waals surface area contributed by atoms with Crippen LogP contribution in [-0.2, 0) is 0 Å². The van der Waals surface area contributed by atoms with E-state index in [1.54, 1.807) is 0 Å². The molecular weight excluding hydrogens is 324 g/mol. The molecule has 1 heterocycles. The Morgan fingerprint density at radius 2 is 2.05 bits per heavy atom. The van der Waals surface area contributed by atoms with Gasteiger partial charge in [-0.05, 0) is 55.0 Å². The predicted molar refractivity (Wildman–Crippen MR) is 83.9 cm³/mol. The van der Waals surface area contributed by atoms with Crippen molar-refractivity contribution in [3.05, 3.63) is 20.8 Å². The number of hydrogen-bond acceptors (Lipinski definition) is 3.